The molecule has 1 amide bonds. The summed E-state index contributed by atoms with van der Waals surface area (Å²) in [5.74, 6) is -0.618. The van der Waals surface area contributed by atoms with Crippen LogP contribution in [0.5, 0.6) is 6.01 Å². The van der Waals surface area contributed by atoms with Crippen molar-refractivity contribution in [1.29, 1.82) is 0 Å². The Labute approximate surface area is 129 Å². The molecule has 0 unspecified atom stereocenters. The number of carbonyl (C=O) groups is 1. The van der Waals surface area contributed by atoms with E-state index in [4.69, 9.17) is 9.88 Å². The van der Waals surface area contributed by atoms with Gasteiger partial charge in [0.15, 0.2) is 0 Å². The monoisotopic (exact) mass is 344 g/mol. The summed E-state index contributed by atoms with van der Waals surface area (Å²) in [5, 5.41) is 11.6. The topological polar surface area (TPSA) is 149 Å². The van der Waals surface area contributed by atoms with Crippen LogP contribution in [-0.2, 0) is 10.0 Å². The lowest BCUT2D eigenvalue weighted by atomic mass is 10.3. The van der Waals surface area contributed by atoms with E-state index in [-0.39, 0.29) is 27.7 Å². The molecule has 2 rings (SSSR count). The summed E-state index contributed by atoms with van der Waals surface area (Å²) in [5.41, 5.74) is -0.0853. The van der Waals surface area contributed by atoms with Gasteiger partial charge in [-0.1, -0.05) is 0 Å². The SMILES string of the molecule is CNc1nc(NC(=O)c2ccsc2S(N)(=O)=O)nc(OC)n1. The molecule has 0 aliphatic rings. The highest BCUT2D eigenvalue weighted by Gasteiger charge is 2.22. The number of primary sulfonamides is 1. The Kier molecular flexibility index (Phi) is 4.54. The highest BCUT2D eigenvalue weighted by molar-refractivity contribution is 7.91. The van der Waals surface area contributed by atoms with Crippen molar-refractivity contribution in [3.8, 4) is 6.01 Å². The first kappa shape index (κ1) is 16.1. The van der Waals surface area contributed by atoms with E-state index in [9.17, 15) is 13.2 Å². The first-order valence-corrected chi connectivity index (χ1v) is 8.17. The van der Waals surface area contributed by atoms with Gasteiger partial charge in [-0.05, 0) is 11.4 Å². The normalized spacial score (nSPS) is 11.0. The zero-order chi connectivity index (χ0) is 16.3. The highest BCUT2D eigenvalue weighted by atomic mass is 32.2. The van der Waals surface area contributed by atoms with Gasteiger partial charge in [0.25, 0.3) is 5.91 Å². The predicted molar refractivity (Wildman–Crippen MR) is 79.6 cm³/mol. The molecule has 0 spiro atoms. The Morgan fingerprint density at radius 1 is 1.32 bits per heavy atom. The summed E-state index contributed by atoms with van der Waals surface area (Å²) < 4.78 is 27.5. The highest BCUT2D eigenvalue weighted by Crippen LogP contribution is 2.22. The smallest absolute Gasteiger partial charge is 0.322 e. The first-order chi connectivity index (χ1) is 10.3. The second-order valence-electron chi connectivity index (χ2n) is 3.84. The zero-order valence-corrected chi connectivity index (χ0v) is 13.2. The lowest BCUT2D eigenvalue weighted by molar-refractivity contribution is 0.102. The maximum Gasteiger partial charge on any atom is 0.322 e. The molecule has 0 saturated heterocycles. The van der Waals surface area contributed by atoms with Crippen molar-refractivity contribution >= 4 is 39.2 Å². The molecule has 10 nitrogen and oxygen atoms in total. The summed E-state index contributed by atoms with van der Waals surface area (Å²) in [6.07, 6.45) is 0. The van der Waals surface area contributed by atoms with Crippen molar-refractivity contribution in [3.05, 3.63) is 17.0 Å². The van der Waals surface area contributed by atoms with E-state index in [1.54, 1.807) is 7.05 Å². The molecule has 0 atom stereocenters. The van der Waals surface area contributed by atoms with Crippen molar-refractivity contribution in [1.82, 2.24) is 15.0 Å². The molecular formula is C10H12N6O4S2. The van der Waals surface area contributed by atoms with Crippen LogP contribution in [0, 0.1) is 0 Å². The average Bonchev–Trinajstić information content (AvgIpc) is 2.96. The predicted octanol–water partition coefficient (Wildman–Crippen LogP) is -0.117. The van der Waals surface area contributed by atoms with Gasteiger partial charge in [-0.15, -0.1) is 11.3 Å². The molecule has 118 valence electrons. The summed E-state index contributed by atoms with van der Waals surface area (Å²) >= 11 is 0.847. The fraction of sp³-hybridized carbons (Fsp3) is 0.200. The third-order valence-corrected chi connectivity index (χ3v) is 4.81. The summed E-state index contributed by atoms with van der Waals surface area (Å²) in [7, 11) is -1.04. The average molecular weight is 344 g/mol. The van der Waals surface area contributed by atoms with Crippen LogP contribution in [0.3, 0.4) is 0 Å². The molecule has 0 aliphatic carbocycles. The Hall–Kier alpha value is -2.31. The molecule has 12 heteroatoms. The van der Waals surface area contributed by atoms with Crippen LogP contribution in [-0.4, -0.2) is 43.4 Å². The first-order valence-electron chi connectivity index (χ1n) is 5.74. The van der Waals surface area contributed by atoms with Crippen molar-refractivity contribution < 1.29 is 17.9 Å². The maximum absolute atomic E-state index is 12.2. The number of carbonyl (C=O) groups excluding carboxylic acids is 1. The van der Waals surface area contributed by atoms with Gasteiger partial charge in [0, 0.05) is 7.05 Å². The van der Waals surface area contributed by atoms with E-state index in [1.807, 2.05) is 0 Å². The second-order valence-corrected chi connectivity index (χ2v) is 6.51. The number of hydrogen-bond donors (Lipinski definition) is 3. The molecule has 0 aliphatic heterocycles. The minimum absolute atomic E-state index is 0.00774. The number of rotatable bonds is 5. The fourth-order valence-electron chi connectivity index (χ4n) is 1.47. The van der Waals surface area contributed by atoms with Crippen LogP contribution in [0.4, 0.5) is 11.9 Å². The molecule has 0 bridgehead atoms. The van der Waals surface area contributed by atoms with E-state index in [2.05, 4.69) is 25.6 Å². The second kappa shape index (κ2) is 6.21. The largest absolute Gasteiger partial charge is 0.467 e. The van der Waals surface area contributed by atoms with Gasteiger partial charge in [-0.25, -0.2) is 13.6 Å². The third-order valence-electron chi connectivity index (χ3n) is 2.38. The summed E-state index contributed by atoms with van der Waals surface area (Å²) in [6.45, 7) is 0. The maximum atomic E-state index is 12.2. The molecule has 2 heterocycles. The quantitative estimate of drug-likeness (QED) is 0.679. The van der Waals surface area contributed by atoms with Crippen LogP contribution in [0.1, 0.15) is 10.4 Å². The minimum Gasteiger partial charge on any atom is -0.467 e. The van der Waals surface area contributed by atoms with E-state index in [0.717, 1.165) is 11.3 Å². The number of ether oxygens (including phenoxy) is 1. The molecule has 2 aromatic rings. The van der Waals surface area contributed by atoms with Gasteiger partial charge >= 0.3 is 6.01 Å². The number of amides is 1. The summed E-state index contributed by atoms with van der Waals surface area (Å²) in [6, 6.07) is 1.34. The number of thiophene rings is 1. The molecule has 0 aromatic carbocycles. The van der Waals surface area contributed by atoms with E-state index in [1.165, 1.54) is 18.6 Å². The number of methoxy groups -OCH3 is 1. The Bertz CT molecular complexity index is 781. The molecule has 0 fully saturated rings. The minimum atomic E-state index is -3.99. The van der Waals surface area contributed by atoms with Crippen LogP contribution in [0.25, 0.3) is 0 Å². The standard InChI is InChI=1S/C10H12N6O4S2/c1-12-8-14-9(16-10(15-8)20-2)13-6(17)5-3-4-21-7(5)22(11,18)19/h3-4H,1-2H3,(H2,11,18,19)(H2,12,13,14,15,16,17). The number of nitrogens with one attached hydrogen (secondary N) is 2. The lowest BCUT2D eigenvalue weighted by Crippen LogP contribution is -2.19. The molecule has 0 saturated carbocycles. The summed E-state index contributed by atoms with van der Waals surface area (Å²) in [4.78, 5) is 23.8. The number of anilines is 2. The Balaban J connectivity index is 2.32. The van der Waals surface area contributed by atoms with Gasteiger partial charge < -0.3 is 10.1 Å². The van der Waals surface area contributed by atoms with Crippen molar-refractivity contribution in [3.63, 3.8) is 0 Å². The van der Waals surface area contributed by atoms with Gasteiger partial charge in [0.05, 0.1) is 12.7 Å². The Morgan fingerprint density at radius 2 is 2.00 bits per heavy atom. The van der Waals surface area contributed by atoms with Gasteiger partial charge in [0.2, 0.25) is 21.9 Å². The number of nitrogens with zero attached hydrogens (tertiary/aromatic N) is 3. The van der Waals surface area contributed by atoms with Crippen molar-refractivity contribution in [2.75, 3.05) is 24.8 Å². The van der Waals surface area contributed by atoms with Gasteiger partial charge in [-0.2, -0.15) is 15.0 Å². The van der Waals surface area contributed by atoms with Gasteiger partial charge in [0.1, 0.15) is 4.21 Å². The third kappa shape index (κ3) is 3.47. The molecular weight excluding hydrogens is 332 g/mol. The van der Waals surface area contributed by atoms with E-state index in [0.29, 0.717) is 0 Å². The van der Waals surface area contributed by atoms with E-state index < -0.39 is 15.9 Å². The van der Waals surface area contributed by atoms with Crippen molar-refractivity contribution in [2.24, 2.45) is 5.14 Å². The molecule has 4 N–H and O–H groups in total. The number of aromatic nitrogens is 3. The lowest BCUT2D eigenvalue weighted by Gasteiger charge is -2.07. The molecule has 0 radical (unpaired) electrons. The van der Waals surface area contributed by atoms with E-state index >= 15 is 0 Å². The molecule has 22 heavy (non-hydrogen) atoms. The van der Waals surface area contributed by atoms with Crippen LogP contribution in [0.2, 0.25) is 0 Å². The number of hydrogen-bond acceptors (Lipinski definition) is 9. The Morgan fingerprint density at radius 3 is 2.59 bits per heavy atom. The van der Waals surface area contributed by atoms with Crippen LogP contribution in [0.15, 0.2) is 15.7 Å². The van der Waals surface area contributed by atoms with Crippen LogP contribution >= 0.6 is 11.3 Å². The number of sulfonamides is 1. The van der Waals surface area contributed by atoms with Gasteiger partial charge in [-0.3, -0.25) is 10.1 Å². The van der Waals surface area contributed by atoms with Crippen molar-refractivity contribution in [2.45, 2.75) is 4.21 Å². The number of nitrogens with two attached hydrogens (primary N) is 1. The van der Waals surface area contributed by atoms with Crippen LogP contribution < -0.4 is 20.5 Å². The fourth-order valence-corrected chi connectivity index (χ4v) is 3.25. The zero-order valence-electron chi connectivity index (χ0n) is 11.5. The molecule has 2 aromatic heterocycles.